The van der Waals surface area contributed by atoms with E-state index >= 15 is 0 Å². The molecule has 2 aromatic heterocycles. The maximum Gasteiger partial charge on any atom is 0.311 e. The number of nitrogens with zero attached hydrogens (tertiary/aromatic N) is 4. The highest BCUT2D eigenvalue weighted by atomic mass is 32.1. The number of thiazole rings is 2. The Labute approximate surface area is 175 Å². The van der Waals surface area contributed by atoms with Crippen LogP contribution < -0.4 is 10.2 Å². The number of para-hydroxylation sites is 1. The number of carbonyl (C=O) groups is 1. The van der Waals surface area contributed by atoms with E-state index in [1.807, 2.05) is 37.3 Å². The molecular weight excluding hydrogens is 410 g/mol. The molecule has 0 amide bonds. The molecule has 0 radical (unpaired) electrons. The lowest BCUT2D eigenvalue weighted by Gasteiger charge is -2.00. The average molecular weight is 432 g/mol. The number of nitrogens with one attached hydrogen (secondary N) is 1. The topological polar surface area (TPSA) is 101 Å². The first-order chi connectivity index (χ1) is 14.1. The minimum atomic E-state index is -0.310. The third-order valence-corrected chi connectivity index (χ3v) is 5.54. The van der Waals surface area contributed by atoms with Crippen LogP contribution in [0.2, 0.25) is 0 Å². The van der Waals surface area contributed by atoms with Crippen molar-refractivity contribution in [2.45, 2.75) is 26.8 Å². The van der Waals surface area contributed by atoms with Gasteiger partial charge in [-0.15, -0.1) is 16.4 Å². The van der Waals surface area contributed by atoms with Gasteiger partial charge in [0.15, 0.2) is 0 Å². The SMILES string of the molecule is CCOC(=O)Cc1csc(NN=c2sc(C=Nc3ccccc3)c(O)n2CC)n1. The Bertz CT molecular complexity index is 1050. The summed E-state index contributed by atoms with van der Waals surface area (Å²) in [6, 6.07) is 9.51. The van der Waals surface area contributed by atoms with E-state index in [0.717, 1.165) is 5.69 Å². The van der Waals surface area contributed by atoms with Crippen molar-refractivity contribution in [1.29, 1.82) is 0 Å². The molecule has 10 heteroatoms. The first kappa shape index (κ1) is 20.7. The van der Waals surface area contributed by atoms with E-state index in [-0.39, 0.29) is 18.3 Å². The minimum Gasteiger partial charge on any atom is -0.493 e. The van der Waals surface area contributed by atoms with Crippen molar-refractivity contribution < 1.29 is 14.6 Å². The summed E-state index contributed by atoms with van der Waals surface area (Å²) in [5.41, 5.74) is 4.32. The van der Waals surface area contributed by atoms with Crippen molar-refractivity contribution in [2.24, 2.45) is 10.1 Å². The lowest BCUT2D eigenvalue weighted by Crippen LogP contribution is -2.15. The number of ether oxygens (including phenoxy) is 1. The Morgan fingerprint density at radius 2 is 2.14 bits per heavy atom. The molecule has 0 saturated heterocycles. The Balaban J connectivity index is 1.76. The van der Waals surface area contributed by atoms with E-state index in [1.54, 1.807) is 23.1 Å². The maximum absolute atomic E-state index is 11.5. The van der Waals surface area contributed by atoms with Gasteiger partial charge in [-0.2, -0.15) is 0 Å². The van der Waals surface area contributed by atoms with E-state index in [2.05, 4.69) is 20.5 Å². The van der Waals surface area contributed by atoms with Crippen molar-refractivity contribution in [3.63, 3.8) is 0 Å². The van der Waals surface area contributed by atoms with E-state index in [1.165, 1.54) is 22.7 Å². The van der Waals surface area contributed by atoms with Gasteiger partial charge in [0, 0.05) is 11.9 Å². The molecule has 0 spiro atoms. The number of aromatic hydroxyl groups is 1. The Hall–Kier alpha value is -2.98. The first-order valence-electron chi connectivity index (χ1n) is 9.02. The number of esters is 1. The first-order valence-corrected chi connectivity index (χ1v) is 10.7. The summed E-state index contributed by atoms with van der Waals surface area (Å²) in [7, 11) is 0. The highest BCUT2D eigenvalue weighted by Gasteiger charge is 2.11. The van der Waals surface area contributed by atoms with Crippen LogP contribution in [0, 0.1) is 0 Å². The molecule has 3 rings (SSSR count). The van der Waals surface area contributed by atoms with Crippen molar-refractivity contribution in [1.82, 2.24) is 9.55 Å². The van der Waals surface area contributed by atoms with Crippen molar-refractivity contribution in [3.8, 4) is 5.88 Å². The highest BCUT2D eigenvalue weighted by molar-refractivity contribution is 7.13. The number of hydrogen-bond acceptors (Lipinski definition) is 9. The van der Waals surface area contributed by atoms with E-state index in [9.17, 15) is 9.90 Å². The maximum atomic E-state index is 11.5. The summed E-state index contributed by atoms with van der Waals surface area (Å²) >= 11 is 2.65. The molecule has 0 fully saturated rings. The van der Waals surface area contributed by atoms with Crippen molar-refractivity contribution >= 4 is 45.7 Å². The Morgan fingerprint density at radius 1 is 1.34 bits per heavy atom. The van der Waals surface area contributed by atoms with Gasteiger partial charge in [-0.05, 0) is 26.0 Å². The third kappa shape index (κ3) is 5.52. The molecule has 0 bridgehead atoms. The van der Waals surface area contributed by atoms with Gasteiger partial charge >= 0.3 is 5.97 Å². The molecule has 0 unspecified atom stereocenters. The molecule has 29 heavy (non-hydrogen) atoms. The van der Waals surface area contributed by atoms with E-state index in [0.29, 0.717) is 33.7 Å². The van der Waals surface area contributed by atoms with Gasteiger partial charge < -0.3 is 9.84 Å². The molecule has 0 saturated carbocycles. The molecule has 152 valence electrons. The van der Waals surface area contributed by atoms with Crippen molar-refractivity contribution in [3.05, 3.63) is 51.1 Å². The molecule has 3 aromatic rings. The number of anilines is 1. The van der Waals surface area contributed by atoms with Gasteiger partial charge in [0.05, 0.1) is 30.6 Å². The normalized spacial score (nSPS) is 11.9. The Kier molecular flexibility index (Phi) is 7.14. The summed E-state index contributed by atoms with van der Waals surface area (Å²) in [5, 5.41) is 17.2. The second kappa shape index (κ2) is 9.99. The fourth-order valence-electron chi connectivity index (χ4n) is 2.42. The van der Waals surface area contributed by atoms with Crippen LogP contribution >= 0.6 is 22.7 Å². The number of aliphatic imine (C=N–C) groups is 1. The van der Waals surface area contributed by atoms with Crippen LogP contribution in [-0.2, 0) is 22.5 Å². The summed E-state index contributed by atoms with van der Waals surface area (Å²) in [6.45, 7) is 4.58. The zero-order valence-electron chi connectivity index (χ0n) is 16.0. The van der Waals surface area contributed by atoms with Gasteiger partial charge in [-0.3, -0.25) is 14.4 Å². The predicted octanol–water partition coefficient (Wildman–Crippen LogP) is 3.52. The van der Waals surface area contributed by atoms with Gasteiger partial charge in [0.2, 0.25) is 15.8 Å². The summed E-state index contributed by atoms with van der Waals surface area (Å²) in [5.74, 6) is -0.199. The molecule has 0 atom stereocenters. The average Bonchev–Trinajstić information content (AvgIpc) is 3.29. The van der Waals surface area contributed by atoms with Gasteiger partial charge in [0.1, 0.15) is 4.88 Å². The van der Waals surface area contributed by atoms with Crippen LogP contribution in [0.25, 0.3) is 0 Å². The number of benzene rings is 1. The van der Waals surface area contributed by atoms with Gasteiger partial charge in [-0.1, -0.05) is 29.5 Å². The standard InChI is InChI=1S/C19H21N5O3S2/c1-3-24-17(26)15(11-20-13-8-6-5-7-9-13)29-19(24)23-22-18-21-14(12-28-18)10-16(25)27-4-2/h5-9,11-12,26H,3-4,10H2,1-2H3,(H,21,22). The van der Waals surface area contributed by atoms with Crippen LogP contribution in [0.4, 0.5) is 10.8 Å². The van der Waals surface area contributed by atoms with E-state index in [4.69, 9.17) is 4.74 Å². The number of carbonyl (C=O) groups excluding carboxylic acids is 1. The third-order valence-electron chi connectivity index (χ3n) is 3.74. The largest absolute Gasteiger partial charge is 0.493 e. The Morgan fingerprint density at radius 3 is 2.86 bits per heavy atom. The molecule has 8 nitrogen and oxygen atoms in total. The molecular formula is C19H21N5O3S2. The van der Waals surface area contributed by atoms with Gasteiger partial charge in [-0.25, -0.2) is 10.4 Å². The number of aromatic nitrogens is 2. The summed E-state index contributed by atoms with van der Waals surface area (Å²) in [6.07, 6.45) is 1.75. The van der Waals surface area contributed by atoms with Crippen molar-refractivity contribution in [2.75, 3.05) is 12.0 Å². The summed E-state index contributed by atoms with van der Waals surface area (Å²) < 4.78 is 6.60. The molecule has 0 aliphatic carbocycles. The zero-order valence-corrected chi connectivity index (χ0v) is 17.7. The van der Waals surface area contributed by atoms with Crippen LogP contribution in [0.1, 0.15) is 24.4 Å². The summed E-state index contributed by atoms with van der Waals surface area (Å²) in [4.78, 5) is 21.5. The lowest BCUT2D eigenvalue weighted by molar-refractivity contribution is -0.142. The minimum absolute atomic E-state index is 0.111. The monoisotopic (exact) mass is 431 g/mol. The highest BCUT2D eigenvalue weighted by Crippen LogP contribution is 2.20. The predicted molar refractivity (Wildman–Crippen MR) is 115 cm³/mol. The van der Waals surface area contributed by atoms with Crippen LogP contribution in [0.5, 0.6) is 5.88 Å². The smallest absolute Gasteiger partial charge is 0.311 e. The fraction of sp³-hybridized carbons (Fsp3) is 0.263. The van der Waals surface area contributed by atoms with E-state index < -0.39 is 0 Å². The molecule has 0 aliphatic rings. The number of rotatable bonds is 8. The molecule has 2 N–H and O–H groups in total. The molecule has 0 aliphatic heterocycles. The lowest BCUT2D eigenvalue weighted by atomic mass is 10.3. The zero-order chi connectivity index (χ0) is 20.6. The molecule has 1 aromatic carbocycles. The second-order valence-electron chi connectivity index (χ2n) is 5.76. The van der Waals surface area contributed by atoms with Crippen LogP contribution in [-0.4, -0.2) is 33.4 Å². The molecule has 2 heterocycles. The van der Waals surface area contributed by atoms with Crippen LogP contribution in [0.3, 0.4) is 0 Å². The second-order valence-corrected chi connectivity index (χ2v) is 7.63. The van der Waals surface area contributed by atoms with Gasteiger partial charge in [0.25, 0.3) is 0 Å². The number of hydrogen-bond donors (Lipinski definition) is 2. The fourth-order valence-corrected chi connectivity index (χ4v) is 3.99. The van der Waals surface area contributed by atoms with Crippen LogP contribution in [0.15, 0.2) is 45.8 Å². The quantitative estimate of drug-likeness (QED) is 0.323.